The van der Waals surface area contributed by atoms with Crippen LogP contribution in [0.1, 0.15) is 43.1 Å². The normalized spacial score (nSPS) is 10.9. The average molecular weight is 354 g/mol. The molecule has 0 aromatic heterocycles. The van der Waals surface area contributed by atoms with E-state index in [1.54, 1.807) is 19.2 Å². The highest BCUT2D eigenvalue weighted by atomic mass is 16.5. The third-order valence-corrected chi connectivity index (χ3v) is 4.03. The van der Waals surface area contributed by atoms with Gasteiger partial charge in [0.25, 0.3) is 5.91 Å². The van der Waals surface area contributed by atoms with Crippen LogP contribution in [0.3, 0.4) is 0 Å². The number of methoxy groups -OCH3 is 1. The SMILES string of the molecule is COc1ccccc1NC(=O)CCNC(=O)c1ccc(C(C)(C)C)cc1. The molecule has 0 bridgehead atoms. The van der Waals surface area contributed by atoms with E-state index in [0.29, 0.717) is 17.0 Å². The van der Waals surface area contributed by atoms with Gasteiger partial charge in [-0.25, -0.2) is 0 Å². The first kappa shape index (κ1) is 19.5. The minimum atomic E-state index is -0.185. The monoisotopic (exact) mass is 354 g/mol. The minimum Gasteiger partial charge on any atom is -0.495 e. The number of carbonyl (C=O) groups is 2. The Kier molecular flexibility index (Phi) is 6.39. The molecule has 0 heterocycles. The lowest BCUT2D eigenvalue weighted by molar-refractivity contribution is -0.116. The summed E-state index contributed by atoms with van der Waals surface area (Å²) >= 11 is 0. The quantitative estimate of drug-likeness (QED) is 0.830. The molecule has 0 atom stereocenters. The zero-order valence-corrected chi connectivity index (χ0v) is 15.8. The number of hydrogen-bond donors (Lipinski definition) is 2. The Morgan fingerprint density at radius 3 is 2.27 bits per heavy atom. The van der Waals surface area contributed by atoms with E-state index in [1.807, 2.05) is 36.4 Å². The van der Waals surface area contributed by atoms with Gasteiger partial charge in [-0.3, -0.25) is 9.59 Å². The standard InChI is InChI=1S/C21H26N2O3/c1-21(2,3)16-11-9-15(10-12-16)20(25)22-14-13-19(24)23-17-7-5-6-8-18(17)26-4/h5-12H,13-14H2,1-4H3,(H,22,25)(H,23,24). The predicted molar refractivity (Wildman–Crippen MR) is 104 cm³/mol. The summed E-state index contributed by atoms with van der Waals surface area (Å²) in [6.07, 6.45) is 0.184. The molecule has 5 nitrogen and oxygen atoms in total. The number of amides is 2. The second kappa shape index (κ2) is 8.52. The molecular formula is C21H26N2O3. The summed E-state index contributed by atoms with van der Waals surface area (Å²) in [6.45, 7) is 6.65. The topological polar surface area (TPSA) is 67.4 Å². The Morgan fingerprint density at radius 2 is 1.65 bits per heavy atom. The van der Waals surface area contributed by atoms with E-state index in [0.717, 1.165) is 0 Å². The molecule has 0 fully saturated rings. The maximum Gasteiger partial charge on any atom is 0.251 e. The van der Waals surface area contributed by atoms with E-state index in [1.165, 1.54) is 5.56 Å². The van der Waals surface area contributed by atoms with Crippen LogP contribution in [-0.2, 0) is 10.2 Å². The van der Waals surface area contributed by atoms with Crippen molar-refractivity contribution in [2.75, 3.05) is 19.0 Å². The fourth-order valence-corrected chi connectivity index (χ4v) is 2.47. The van der Waals surface area contributed by atoms with Crippen LogP contribution < -0.4 is 15.4 Å². The van der Waals surface area contributed by atoms with Crippen molar-refractivity contribution in [2.45, 2.75) is 32.6 Å². The number of benzene rings is 2. The highest BCUT2D eigenvalue weighted by Gasteiger charge is 2.14. The summed E-state index contributed by atoms with van der Waals surface area (Å²) < 4.78 is 5.20. The summed E-state index contributed by atoms with van der Waals surface area (Å²) in [5.41, 5.74) is 2.42. The third-order valence-electron chi connectivity index (χ3n) is 4.03. The van der Waals surface area contributed by atoms with Gasteiger partial charge in [0.1, 0.15) is 5.75 Å². The van der Waals surface area contributed by atoms with Crippen molar-refractivity contribution in [3.05, 3.63) is 59.7 Å². The largest absolute Gasteiger partial charge is 0.495 e. The van der Waals surface area contributed by atoms with Crippen LogP contribution in [0.5, 0.6) is 5.75 Å². The number of ether oxygens (including phenoxy) is 1. The molecule has 0 aliphatic heterocycles. The Hall–Kier alpha value is -2.82. The lowest BCUT2D eigenvalue weighted by atomic mass is 9.87. The van der Waals surface area contributed by atoms with Gasteiger partial charge in [0.2, 0.25) is 5.91 Å². The molecule has 2 amide bonds. The molecule has 0 aliphatic rings. The van der Waals surface area contributed by atoms with Crippen molar-refractivity contribution in [3.8, 4) is 5.75 Å². The Balaban J connectivity index is 1.83. The lowest BCUT2D eigenvalue weighted by Gasteiger charge is -2.19. The molecule has 0 unspecified atom stereocenters. The van der Waals surface area contributed by atoms with Gasteiger partial charge >= 0.3 is 0 Å². The first-order valence-electron chi connectivity index (χ1n) is 8.63. The second-order valence-electron chi connectivity index (χ2n) is 7.08. The molecule has 0 aliphatic carbocycles. The van der Waals surface area contributed by atoms with E-state index >= 15 is 0 Å². The van der Waals surface area contributed by atoms with E-state index < -0.39 is 0 Å². The van der Waals surface area contributed by atoms with Crippen molar-refractivity contribution in [1.29, 1.82) is 0 Å². The fraction of sp³-hybridized carbons (Fsp3) is 0.333. The van der Waals surface area contributed by atoms with Crippen LogP contribution in [0.4, 0.5) is 5.69 Å². The summed E-state index contributed by atoms with van der Waals surface area (Å²) in [4.78, 5) is 24.2. The van der Waals surface area contributed by atoms with Gasteiger partial charge in [-0.05, 0) is 35.2 Å². The maximum atomic E-state index is 12.2. The molecule has 2 N–H and O–H groups in total. The zero-order chi connectivity index (χ0) is 19.2. The smallest absolute Gasteiger partial charge is 0.251 e. The van der Waals surface area contributed by atoms with Gasteiger partial charge in [-0.2, -0.15) is 0 Å². The predicted octanol–water partition coefficient (Wildman–Crippen LogP) is 3.75. The molecule has 0 saturated heterocycles. The Morgan fingerprint density at radius 1 is 1.00 bits per heavy atom. The van der Waals surface area contributed by atoms with E-state index in [4.69, 9.17) is 4.74 Å². The molecule has 0 radical (unpaired) electrons. The number of para-hydroxylation sites is 2. The summed E-state index contributed by atoms with van der Waals surface area (Å²) in [6, 6.07) is 14.7. The van der Waals surface area contributed by atoms with Crippen molar-refractivity contribution in [2.24, 2.45) is 0 Å². The summed E-state index contributed by atoms with van der Waals surface area (Å²) in [5.74, 6) is 0.234. The molecule has 0 saturated carbocycles. The van der Waals surface area contributed by atoms with E-state index in [9.17, 15) is 9.59 Å². The number of rotatable bonds is 6. The average Bonchev–Trinajstić information content (AvgIpc) is 2.61. The number of anilines is 1. The summed E-state index contributed by atoms with van der Waals surface area (Å²) in [7, 11) is 1.55. The minimum absolute atomic E-state index is 0.0472. The molecule has 2 aromatic rings. The van der Waals surface area contributed by atoms with Crippen LogP contribution in [0.15, 0.2) is 48.5 Å². The van der Waals surface area contributed by atoms with Gasteiger partial charge in [0.05, 0.1) is 12.8 Å². The molecule has 2 rings (SSSR count). The molecule has 138 valence electrons. The first-order chi connectivity index (χ1) is 12.3. The fourth-order valence-electron chi connectivity index (χ4n) is 2.47. The zero-order valence-electron chi connectivity index (χ0n) is 15.8. The van der Waals surface area contributed by atoms with Gasteiger partial charge in [0, 0.05) is 18.5 Å². The highest BCUT2D eigenvalue weighted by Crippen LogP contribution is 2.23. The van der Waals surface area contributed by atoms with Gasteiger partial charge in [-0.1, -0.05) is 45.0 Å². The molecule has 26 heavy (non-hydrogen) atoms. The van der Waals surface area contributed by atoms with Crippen molar-refractivity contribution >= 4 is 17.5 Å². The number of hydrogen-bond acceptors (Lipinski definition) is 3. The van der Waals surface area contributed by atoms with Crippen molar-refractivity contribution in [1.82, 2.24) is 5.32 Å². The van der Waals surface area contributed by atoms with Gasteiger partial charge in [0.15, 0.2) is 0 Å². The molecule has 5 heteroatoms. The van der Waals surface area contributed by atoms with Crippen molar-refractivity contribution in [3.63, 3.8) is 0 Å². The first-order valence-corrected chi connectivity index (χ1v) is 8.63. The molecular weight excluding hydrogens is 328 g/mol. The van der Waals surface area contributed by atoms with Crippen LogP contribution in [0.25, 0.3) is 0 Å². The summed E-state index contributed by atoms with van der Waals surface area (Å²) in [5, 5.41) is 5.56. The highest BCUT2D eigenvalue weighted by molar-refractivity contribution is 5.95. The molecule has 0 spiro atoms. The van der Waals surface area contributed by atoms with Crippen LogP contribution in [0.2, 0.25) is 0 Å². The third kappa shape index (κ3) is 5.34. The molecule has 2 aromatic carbocycles. The van der Waals surface area contributed by atoms with Crippen LogP contribution in [-0.4, -0.2) is 25.5 Å². The van der Waals surface area contributed by atoms with Crippen LogP contribution in [0, 0.1) is 0 Å². The lowest BCUT2D eigenvalue weighted by Crippen LogP contribution is -2.27. The van der Waals surface area contributed by atoms with Gasteiger partial charge < -0.3 is 15.4 Å². The van der Waals surface area contributed by atoms with Crippen LogP contribution >= 0.6 is 0 Å². The Bertz CT molecular complexity index is 762. The number of nitrogens with one attached hydrogen (secondary N) is 2. The van der Waals surface area contributed by atoms with E-state index in [2.05, 4.69) is 31.4 Å². The van der Waals surface area contributed by atoms with E-state index in [-0.39, 0.29) is 30.2 Å². The van der Waals surface area contributed by atoms with Gasteiger partial charge in [-0.15, -0.1) is 0 Å². The Labute approximate surface area is 154 Å². The number of carbonyl (C=O) groups excluding carboxylic acids is 2. The van der Waals surface area contributed by atoms with Crippen molar-refractivity contribution < 1.29 is 14.3 Å². The second-order valence-corrected chi connectivity index (χ2v) is 7.08. The maximum absolute atomic E-state index is 12.2.